The smallest absolute Gasteiger partial charge is 0.227 e. The number of benzene rings is 1. The fourth-order valence-electron chi connectivity index (χ4n) is 3.41. The molecule has 2 rings (SSSR count). The van der Waals surface area contributed by atoms with Crippen LogP contribution in [0.1, 0.15) is 51.0 Å². The van der Waals surface area contributed by atoms with Crippen molar-refractivity contribution < 1.29 is 14.3 Å². The van der Waals surface area contributed by atoms with Crippen molar-refractivity contribution in [3.05, 3.63) is 29.8 Å². The first-order valence-corrected chi connectivity index (χ1v) is 11.2. The minimum atomic E-state index is 0.144. The molecule has 1 aromatic rings. The summed E-state index contributed by atoms with van der Waals surface area (Å²) in [6.07, 6.45) is 6.57. The SMILES string of the molecule is CCCCOCCOCCNC(=NC)NCc1cccc(NC(=O)C2CCCC2)c1. The molecule has 0 saturated heterocycles. The van der Waals surface area contributed by atoms with Gasteiger partial charge in [0.2, 0.25) is 5.91 Å². The predicted octanol–water partition coefficient (Wildman–Crippen LogP) is 3.31. The van der Waals surface area contributed by atoms with Gasteiger partial charge in [-0.1, -0.05) is 38.3 Å². The van der Waals surface area contributed by atoms with E-state index in [0.29, 0.717) is 32.9 Å². The number of unbranched alkanes of at least 4 members (excludes halogenated alkanes) is 1. The minimum absolute atomic E-state index is 0.144. The Kier molecular flexibility index (Phi) is 11.9. The molecular formula is C23H38N4O3. The molecule has 3 N–H and O–H groups in total. The summed E-state index contributed by atoms with van der Waals surface area (Å²) in [6, 6.07) is 7.95. The average molecular weight is 419 g/mol. The van der Waals surface area contributed by atoms with Gasteiger partial charge in [0.25, 0.3) is 0 Å². The van der Waals surface area contributed by atoms with Gasteiger partial charge in [-0.25, -0.2) is 0 Å². The van der Waals surface area contributed by atoms with Crippen molar-refractivity contribution in [2.75, 3.05) is 45.3 Å². The molecule has 0 unspecified atom stereocenters. The van der Waals surface area contributed by atoms with Gasteiger partial charge in [-0.2, -0.15) is 0 Å². The number of aliphatic imine (C=N–C) groups is 1. The van der Waals surface area contributed by atoms with E-state index in [0.717, 1.165) is 62.3 Å². The summed E-state index contributed by atoms with van der Waals surface area (Å²) in [7, 11) is 1.75. The zero-order chi connectivity index (χ0) is 21.4. The molecule has 1 saturated carbocycles. The molecule has 1 aliphatic carbocycles. The number of guanidine groups is 1. The lowest BCUT2D eigenvalue weighted by molar-refractivity contribution is -0.119. The lowest BCUT2D eigenvalue weighted by atomic mass is 10.1. The van der Waals surface area contributed by atoms with Crippen molar-refractivity contribution in [2.24, 2.45) is 10.9 Å². The molecule has 1 amide bonds. The summed E-state index contributed by atoms with van der Waals surface area (Å²) < 4.78 is 11.0. The van der Waals surface area contributed by atoms with Gasteiger partial charge in [-0.05, 0) is 37.0 Å². The van der Waals surface area contributed by atoms with E-state index in [1.54, 1.807) is 7.05 Å². The Labute approximate surface area is 181 Å². The van der Waals surface area contributed by atoms with Gasteiger partial charge in [-0.3, -0.25) is 9.79 Å². The Balaban J connectivity index is 1.63. The Bertz CT molecular complexity index is 645. The van der Waals surface area contributed by atoms with Crippen molar-refractivity contribution in [3.8, 4) is 0 Å². The van der Waals surface area contributed by atoms with E-state index in [1.165, 1.54) is 0 Å². The van der Waals surface area contributed by atoms with Crippen LogP contribution in [-0.2, 0) is 20.8 Å². The predicted molar refractivity (Wildman–Crippen MR) is 122 cm³/mol. The number of nitrogens with one attached hydrogen (secondary N) is 3. The fourth-order valence-corrected chi connectivity index (χ4v) is 3.41. The van der Waals surface area contributed by atoms with Gasteiger partial charge < -0.3 is 25.4 Å². The highest BCUT2D eigenvalue weighted by Gasteiger charge is 2.22. The van der Waals surface area contributed by atoms with Crippen LogP contribution in [0.5, 0.6) is 0 Å². The van der Waals surface area contributed by atoms with Gasteiger partial charge in [0.1, 0.15) is 0 Å². The Morgan fingerprint density at radius 2 is 1.87 bits per heavy atom. The summed E-state index contributed by atoms with van der Waals surface area (Å²) in [6.45, 7) is 6.10. The van der Waals surface area contributed by atoms with E-state index < -0.39 is 0 Å². The number of ether oxygens (including phenoxy) is 2. The molecule has 7 nitrogen and oxygen atoms in total. The number of hydrogen-bond acceptors (Lipinski definition) is 4. The number of carbonyl (C=O) groups excluding carboxylic acids is 1. The molecule has 30 heavy (non-hydrogen) atoms. The van der Waals surface area contributed by atoms with Gasteiger partial charge >= 0.3 is 0 Å². The molecule has 0 heterocycles. The lowest BCUT2D eigenvalue weighted by Crippen LogP contribution is -2.38. The van der Waals surface area contributed by atoms with Gasteiger partial charge in [0.05, 0.1) is 19.8 Å². The van der Waals surface area contributed by atoms with Crippen molar-refractivity contribution in [3.63, 3.8) is 0 Å². The van der Waals surface area contributed by atoms with E-state index >= 15 is 0 Å². The Morgan fingerprint density at radius 1 is 1.10 bits per heavy atom. The third-order valence-corrected chi connectivity index (χ3v) is 5.16. The first kappa shape index (κ1) is 24.2. The monoisotopic (exact) mass is 418 g/mol. The highest BCUT2D eigenvalue weighted by atomic mass is 16.5. The van der Waals surface area contributed by atoms with Crippen LogP contribution in [0.2, 0.25) is 0 Å². The first-order valence-electron chi connectivity index (χ1n) is 11.2. The Morgan fingerprint density at radius 3 is 2.60 bits per heavy atom. The normalized spacial score (nSPS) is 14.7. The molecule has 168 valence electrons. The minimum Gasteiger partial charge on any atom is -0.379 e. The van der Waals surface area contributed by atoms with Crippen molar-refractivity contribution in [1.29, 1.82) is 0 Å². The van der Waals surface area contributed by atoms with Crippen molar-refractivity contribution in [1.82, 2.24) is 10.6 Å². The number of nitrogens with zero attached hydrogens (tertiary/aromatic N) is 1. The van der Waals surface area contributed by atoms with E-state index in [1.807, 2.05) is 24.3 Å². The maximum Gasteiger partial charge on any atom is 0.227 e. The summed E-state index contributed by atoms with van der Waals surface area (Å²) in [5.41, 5.74) is 1.94. The van der Waals surface area contributed by atoms with Crippen LogP contribution in [0.15, 0.2) is 29.3 Å². The van der Waals surface area contributed by atoms with Gasteiger partial charge in [0.15, 0.2) is 5.96 Å². The zero-order valence-electron chi connectivity index (χ0n) is 18.5. The topological polar surface area (TPSA) is 84.0 Å². The standard InChI is InChI=1S/C23H38N4O3/c1-3-4-13-29-15-16-30-14-12-25-23(24-2)26-18-19-8-7-11-21(17-19)27-22(28)20-9-5-6-10-20/h7-8,11,17,20H,3-6,9-10,12-16,18H2,1-2H3,(H,27,28)(H2,24,25,26). The first-order chi connectivity index (χ1) is 14.7. The van der Waals surface area contributed by atoms with Crippen molar-refractivity contribution >= 4 is 17.6 Å². The molecule has 1 fully saturated rings. The highest BCUT2D eigenvalue weighted by Crippen LogP contribution is 2.26. The van der Waals surface area contributed by atoms with Crippen LogP contribution in [0, 0.1) is 5.92 Å². The van der Waals surface area contributed by atoms with Crippen LogP contribution in [0.4, 0.5) is 5.69 Å². The third kappa shape index (κ3) is 9.59. The molecule has 0 atom stereocenters. The lowest BCUT2D eigenvalue weighted by Gasteiger charge is -2.14. The Hall–Kier alpha value is -2.12. The molecule has 0 radical (unpaired) electrons. The van der Waals surface area contributed by atoms with E-state index in [2.05, 4.69) is 27.9 Å². The van der Waals surface area contributed by atoms with Crippen LogP contribution in [-0.4, -0.2) is 51.9 Å². The summed E-state index contributed by atoms with van der Waals surface area (Å²) >= 11 is 0. The number of rotatable bonds is 13. The largest absolute Gasteiger partial charge is 0.379 e. The highest BCUT2D eigenvalue weighted by molar-refractivity contribution is 5.92. The maximum atomic E-state index is 12.3. The number of amides is 1. The molecule has 0 bridgehead atoms. The second-order valence-electron chi connectivity index (χ2n) is 7.60. The van der Waals surface area contributed by atoms with Crippen LogP contribution < -0.4 is 16.0 Å². The maximum absolute atomic E-state index is 12.3. The third-order valence-electron chi connectivity index (χ3n) is 5.16. The summed E-state index contributed by atoms with van der Waals surface area (Å²) in [4.78, 5) is 16.6. The summed E-state index contributed by atoms with van der Waals surface area (Å²) in [5, 5.41) is 9.59. The average Bonchev–Trinajstić information content (AvgIpc) is 3.30. The molecule has 0 aliphatic heterocycles. The quantitative estimate of drug-likeness (QED) is 0.260. The number of hydrogen-bond donors (Lipinski definition) is 3. The second kappa shape index (κ2) is 14.8. The molecule has 1 aliphatic rings. The molecule has 0 spiro atoms. The molecular weight excluding hydrogens is 380 g/mol. The zero-order valence-corrected chi connectivity index (χ0v) is 18.5. The van der Waals surface area contributed by atoms with Gasteiger partial charge in [-0.15, -0.1) is 0 Å². The van der Waals surface area contributed by atoms with E-state index in [4.69, 9.17) is 9.47 Å². The van der Waals surface area contributed by atoms with E-state index in [-0.39, 0.29) is 11.8 Å². The molecule has 1 aromatic carbocycles. The molecule has 0 aromatic heterocycles. The van der Waals surface area contributed by atoms with Crippen LogP contribution in [0.25, 0.3) is 0 Å². The number of anilines is 1. The van der Waals surface area contributed by atoms with Gasteiger partial charge in [0, 0.05) is 38.3 Å². The number of carbonyl (C=O) groups is 1. The van der Waals surface area contributed by atoms with Crippen LogP contribution in [0.3, 0.4) is 0 Å². The second-order valence-corrected chi connectivity index (χ2v) is 7.60. The van der Waals surface area contributed by atoms with Crippen molar-refractivity contribution in [2.45, 2.75) is 52.0 Å². The summed E-state index contributed by atoms with van der Waals surface area (Å²) in [5.74, 6) is 1.03. The fraction of sp³-hybridized carbons (Fsp3) is 0.652. The van der Waals surface area contributed by atoms with Crippen LogP contribution >= 0.6 is 0 Å². The molecule has 7 heteroatoms. The van der Waals surface area contributed by atoms with E-state index in [9.17, 15) is 4.79 Å².